The maximum absolute atomic E-state index is 11.9. The molecular formula is C20H29N3O2. The predicted octanol–water partition coefficient (Wildman–Crippen LogP) is 1.92. The topological polar surface area (TPSA) is 62.4 Å². The lowest BCUT2D eigenvalue weighted by atomic mass is 9.71. The highest BCUT2D eigenvalue weighted by Crippen LogP contribution is 2.35. The van der Waals surface area contributed by atoms with Gasteiger partial charge in [-0.3, -0.25) is 4.79 Å². The zero-order valence-corrected chi connectivity index (χ0v) is 15.0. The lowest BCUT2D eigenvalue weighted by Gasteiger charge is -2.42. The third-order valence-electron chi connectivity index (χ3n) is 6.33. The molecule has 3 N–H and O–H groups in total. The number of ether oxygens (including phenoxy) is 1. The molecule has 5 nitrogen and oxygen atoms in total. The lowest BCUT2D eigenvalue weighted by molar-refractivity contribution is 0.0728. The van der Waals surface area contributed by atoms with Gasteiger partial charge in [0.05, 0.1) is 6.61 Å². The maximum Gasteiger partial charge on any atom is 0.252 e. The quantitative estimate of drug-likeness (QED) is 0.782. The van der Waals surface area contributed by atoms with Gasteiger partial charge in [-0.1, -0.05) is 6.07 Å². The van der Waals surface area contributed by atoms with Crippen molar-refractivity contribution in [2.75, 3.05) is 26.2 Å². The summed E-state index contributed by atoms with van der Waals surface area (Å²) in [4.78, 5) is 11.9. The Balaban J connectivity index is 1.44. The van der Waals surface area contributed by atoms with Crippen LogP contribution < -0.4 is 20.7 Å². The average Bonchev–Trinajstić information content (AvgIpc) is 3.02. The molecule has 1 aromatic rings. The van der Waals surface area contributed by atoms with Crippen LogP contribution in [0, 0.1) is 17.8 Å². The van der Waals surface area contributed by atoms with Gasteiger partial charge in [-0.25, -0.2) is 0 Å². The second-order valence-corrected chi connectivity index (χ2v) is 7.76. The summed E-state index contributed by atoms with van der Waals surface area (Å²) < 4.78 is 6.17. The number of amides is 1. The number of carbonyl (C=O) groups excluding carboxylic acids is 1. The zero-order chi connectivity index (χ0) is 17.2. The standard InChI is InChI=1S/C20H29N3O2/c1-13-19(17(6-9-22-13)14-4-7-21-8-5-14)12-25-16-3-2-15-11-23-20(24)18(15)10-16/h2-3,10,13-14,17,19,21-22H,4-9,11-12H2,1H3,(H,23,24)/t13-,17+,19-/m1/s1. The minimum Gasteiger partial charge on any atom is -0.493 e. The van der Waals surface area contributed by atoms with Crippen LogP contribution in [0.3, 0.4) is 0 Å². The highest BCUT2D eigenvalue weighted by molar-refractivity contribution is 5.98. The van der Waals surface area contributed by atoms with E-state index in [-0.39, 0.29) is 5.91 Å². The first-order valence-corrected chi connectivity index (χ1v) is 9.70. The Kier molecular flexibility index (Phi) is 4.95. The van der Waals surface area contributed by atoms with E-state index in [1.807, 2.05) is 18.2 Å². The summed E-state index contributed by atoms with van der Waals surface area (Å²) in [6.07, 6.45) is 3.81. The molecule has 0 spiro atoms. The fourth-order valence-corrected chi connectivity index (χ4v) is 4.81. The number of nitrogens with one attached hydrogen (secondary N) is 3. The molecule has 0 saturated carbocycles. The summed E-state index contributed by atoms with van der Waals surface area (Å²) in [6, 6.07) is 6.39. The van der Waals surface area contributed by atoms with Crippen LogP contribution in [-0.2, 0) is 6.54 Å². The van der Waals surface area contributed by atoms with Gasteiger partial charge in [0.1, 0.15) is 5.75 Å². The van der Waals surface area contributed by atoms with E-state index in [1.165, 1.54) is 19.3 Å². The summed E-state index contributed by atoms with van der Waals surface area (Å²) in [6.45, 7) is 7.06. The summed E-state index contributed by atoms with van der Waals surface area (Å²) >= 11 is 0. The van der Waals surface area contributed by atoms with Gasteiger partial charge in [0.15, 0.2) is 0 Å². The first-order valence-electron chi connectivity index (χ1n) is 9.70. The first-order chi connectivity index (χ1) is 12.2. The number of benzene rings is 1. The fourth-order valence-electron chi connectivity index (χ4n) is 4.81. The van der Waals surface area contributed by atoms with Crippen molar-refractivity contribution in [1.29, 1.82) is 0 Å². The minimum atomic E-state index is 0.0146. The van der Waals surface area contributed by atoms with Crippen LogP contribution in [0.1, 0.15) is 42.1 Å². The minimum absolute atomic E-state index is 0.0146. The number of rotatable bonds is 4. The van der Waals surface area contributed by atoms with E-state index in [0.717, 1.165) is 55.0 Å². The molecular weight excluding hydrogens is 314 g/mol. The smallest absolute Gasteiger partial charge is 0.252 e. The number of hydrogen-bond acceptors (Lipinski definition) is 4. The molecule has 0 unspecified atom stereocenters. The van der Waals surface area contributed by atoms with Gasteiger partial charge in [0, 0.05) is 24.1 Å². The van der Waals surface area contributed by atoms with Crippen molar-refractivity contribution < 1.29 is 9.53 Å². The first kappa shape index (κ1) is 16.9. The molecule has 1 amide bonds. The number of hydrogen-bond donors (Lipinski definition) is 3. The van der Waals surface area contributed by atoms with Crippen LogP contribution in [0.25, 0.3) is 0 Å². The summed E-state index contributed by atoms with van der Waals surface area (Å²) in [5.41, 5.74) is 1.83. The molecule has 2 fully saturated rings. The van der Waals surface area contributed by atoms with Crippen LogP contribution in [0.5, 0.6) is 5.75 Å². The highest BCUT2D eigenvalue weighted by atomic mass is 16.5. The van der Waals surface area contributed by atoms with Gasteiger partial charge in [-0.05, 0) is 75.4 Å². The second kappa shape index (κ2) is 7.34. The molecule has 0 bridgehead atoms. The Morgan fingerprint density at radius 1 is 1.16 bits per heavy atom. The van der Waals surface area contributed by atoms with E-state index < -0.39 is 0 Å². The number of piperidine rings is 2. The van der Waals surface area contributed by atoms with Gasteiger partial charge in [-0.2, -0.15) is 0 Å². The van der Waals surface area contributed by atoms with E-state index in [4.69, 9.17) is 4.74 Å². The Labute approximate surface area is 149 Å². The molecule has 3 aliphatic rings. The molecule has 3 aliphatic heterocycles. The molecule has 3 heterocycles. The largest absolute Gasteiger partial charge is 0.493 e. The monoisotopic (exact) mass is 343 g/mol. The Morgan fingerprint density at radius 3 is 2.84 bits per heavy atom. The molecule has 2 saturated heterocycles. The SMILES string of the molecule is C[C@H]1NCC[C@@H](C2CCNCC2)[C@@H]1COc1ccc2c(c1)C(=O)NC2. The molecule has 5 heteroatoms. The van der Waals surface area contributed by atoms with E-state index in [9.17, 15) is 4.79 Å². The van der Waals surface area contributed by atoms with Gasteiger partial charge < -0.3 is 20.7 Å². The third-order valence-corrected chi connectivity index (χ3v) is 6.33. The van der Waals surface area contributed by atoms with E-state index in [0.29, 0.717) is 18.5 Å². The number of fused-ring (bicyclic) bond motifs is 1. The fraction of sp³-hybridized carbons (Fsp3) is 0.650. The van der Waals surface area contributed by atoms with Crippen molar-refractivity contribution in [2.45, 2.75) is 38.8 Å². The van der Waals surface area contributed by atoms with Crippen molar-refractivity contribution in [2.24, 2.45) is 17.8 Å². The number of carbonyl (C=O) groups is 1. The van der Waals surface area contributed by atoms with Crippen LogP contribution in [0.15, 0.2) is 18.2 Å². The van der Waals surface area contributed by atoms with E-state index in [1.54, 1.807) is 0 Å². The molecule has 25 heavy (non-hydrogen) atoms. The van der Waals surface area contributed by atoms with Crippen LogP contribution in [0.2, 0.25) is 0 Å². The summed E-state index contributed by atoms with van der Waals surface area (Å²) in [7, 11) is 0. The van der Waals surface area contributed by atoms with Crippen molar-refractivity contribution in [3.05, 3.63) is 29.3 Å². The summed E-state index contributed by atoms with van der Waals surface area (Å²) in [5.74, 6) is 2.90. The second-order valence-electron chi connectivity index (χ2n) is 7.76. The van der Waals surface area contributed by atoms with Crippen molar-refractivity contribution in [3.8, 4) is 5.75 Å². The molecule has 0 aromatic heterocycles. The molecule has 0 radical (unpaired) electrons. The van der Waals surface area contributed by atoms with Crippen molar-refractivity contribution >= 4 is 5.91 Å². The van der Waals surface area contributed by atoms with E-state index in [2.05, 4.69) is 22.9 Å². The molecule has 136 valence electrons. The molecule has 4 rings (SSSR count). The molecule has 0 aliphatic carbocycles. The normalized spacial score (nSPS) is 30.0. The predicted molar refractivity (Wildman–Crippen MR) is 97.8 cm³/mol. The summed E-state index contributed by atoms with van der Waals surface area (Å²) in [5, 5.41) is 9.97. The van der Waals surface area contributed by atoms with E-state index >= 15 is 0 Å². The molecule has 1 aromatic carbocycles. The molecule has 3 atom stereocenters. The van der Waals surface area contributed by atoms with Crippen molar-refractivity contribution in [3.63, 3.8) is 0 Å². The third kappa shape index (κ3) is 3.53. The Morgan fingerprint density at radius 2 is 2.00 bits per heavy atom. The maximum atomic E-state index is 11.9. The zero-order valence-electron chi connectivity index (χ0n) is 15.0. The van der Waals surface area contributed by atoms with Gasteiger partial charge in [-0.15, -0.1) is 0 Å². The average molecular weight is 343 g/mol. The van der Waals surface area contributed by atoms with Crippen LogP contribution in [0.4, 0.5) is 0 Å². The van der Waals surface area contributed by atoms with Gasteiger partial charge >= 0.3 is 0 Å². The highest BCUT2D eigenvalue weighted by Gasteiger charge is 2.36. The Hall–Kier alpha value is -1.59. The van der Waals surface area contributed by atoms with Gasteiger partial charge in [0.25, 0.3) is 5.91 Å². The Bertz CT molecular complexity index is 627. The lowest BCUT2D eigenvalue weighted by Crippen LogP contribution is -2.50. The van der Waals surface area contributed by atoms with Gasteiger partial charge in [0.2, 0.25) is 0 Å². The van der Waals surface area contributed by atoms with Crippen molar-refractivity contribution in [1.82, 2.24) is 16.0 Å². The van der Waals surface area contributed by atoms with Crippen LogP contribution in [-0.4, -0.2) is 38.2 Å². The van der Waals surface area contributed by atoms with Crippen LogP contribution >= 0.6 is 0 Å².